The Labute approximate surface area is 147 Å². The number of benzene rings is 2. The second-order valence-electron chi connectivity index (χ2n) is 6.09. The van der Waals surface area contributed by atoms with E-state index in [1.807, 2.05) is 24.3 Å². The average molecular weight is 338 g/mol. The van der Waals surface area contributed by atoms with Crippen LogP contribution in [-0.4, -0.2) is 25.0 Å². The first-order valence-corrected chi connectivity index (χ1v) is 8.45. The van der Waals surface area contributed by atoms with Crippen molar-refractivity contribution >= 4 is 29.0 Å². The smallest absolute Gasteiger partial charge is 0.316 e. The zero-order valence-electron chi connectivity index (χ0n) is 14.0. The van der Waals surface area contributed by atoms with E-state index in [-0.39, 0.29) is 5.91 Å². The molecule has 0 aromatic heterocycles. The maximum atomic E-state index is 12.6. The van der Waals surface area contributed by atoms with Gasteiger partial charge >= 0.3 is 6.03 Å². The van der Waals surface area contributed by atoms with E-state index in [0.29, 0.717) is 11.3 Å². The minimum Gasteiger partial charge on any atom is -0.370 e. The van der Waals surface area contributed by atoms with Crippen LogP contribution in [-0.2, 0) is 0 Å². The molecule has 6 heteroatoms. The standard InChI is InChI=1S/C19H22N4O2/c20-19(25)21-15-8-6-7-14(13-15)18(24)22-16-9-2-3-10-17(16)23-11-4-1-5-12-23/h2-3,6-10,13H,1,4-5,11-12H2,(H,22,24)(H3,20,21,25). The fraction of sp³-hybridized carbons (Fsp3) is 0.263. The quantitative estimate of drug-likeness (QED) is 0.798. The molecule has 0 atom stereocenters. The average Bonchev–Trinajstić information content (AvgIpc) is 2.62. The molecule has 2 aromatic rings. The van der Waals surface area contributed by atoms with E-state index in [1.54, 1.807) is 24.3 Å². The predicted molar refractivity (Wildman–Crippen MR) is 100 cm³/mol. The van der Waals surface area contributed by atoms with E-state index in [2.05, 4.69) is 15.5 Å². The first kappa shape index (κ1) is 16.8. The third-order valence-corrected chi connectivity index (χ3v) is 4.24. The summed E-state index contributed by atoms with van der Waals surface area (Å²) in [4.78, 5) is 25.9. The summed E-state index contributed by atoms with van der Waals surface area (Å²) in [5, 5.41) is 5.46. The Kier molecular flexibility index (Phi) is 5.18. The molecule has 0 saturated carbocycles. The number of nitrogens with one attached hydrogen (secondary N) is 2. The molecule has 0 aliphatic carbocycles. The number of carbonyl (C=O) groups is 2. The molecule has 1 aliphatic heterocycles. The van der Waals surface area contributed by atoms with Gasteiger partial charge in [-0.15, -0.1) is 0 Å². The molecule has 1 saturated heterocycles. The van der Waals surface area contributed by atoms with Gasteiger partial charge < -0.3 is 21.3 Å². The van der Waals surface area contributed by atoms with Crippen LogP contribution >= 0.6 is 0 Å². The fourth-order valence-electron chi connectivity index (χ4n) is 3.06. The van der Waals surface area contributed by atoms with Crippen molar-refractivity contribution in [3.63, 3.8) is 0 Å². The molecule has 0 spiro atoms. The van der Waals surface area contributed by atoms with Crippen molar-refractivity contribution in [2.75, 3.05) is 28.6 Å². The third-order valence-electron chi connectivity index (χ3n) is 4.24. The lowest BCUT2D eigenvalue weighted by molar-refractivity contribution is 0.102. The largest absolute Gasteiger partial charge is 0.370 e. The highest BCUT2D eigenvalue weighted by Gasteiger charge is 2.16. The van der Waals surface area contributed by atoms with Crippen LogP contribution in [0.15, 0.2) is 48.5 Å². The van der Waals surface area contributed by atoms with E-state index < -0.39 is 6.03 Å². The van der Waals surface area contributed by atoms with Gasteiger partial charge in [0.15, 0.2) is 0 Å². The summed E-state index contributed by atoms with van der Waals surface area (Å²) < 4.78 is 0. The Balaban J connectivity index is 1.78. The summed E-state index contributed by atoms with van der Waals surface area (Å²) in [5.41, 5.74) is 7.91. The minimum atomic E-state index is -0.659. The van der Waals surface area contributed by atoms with E-state index in [0.717, 1.165) is 24.5 Å². The maximum Gasteiger partial charge on any atom is 0.316 e. The van der Waals surface area contributed by atoms with Crippen LogP contribution in [0.25, 0.3) is 0 Å². The number of urea groups is 1. The van der Waals surface area contributed by atoms with Crippen LogP contribution in [0.1, 0.15) is 29.6 Å². The molecule has 1 aliphatic rings. The first-order valence-electron chi connectivity index (χ1n) is 8.45. The highest BCUT2D eigenvalue weighted by Crippen LogP contribution is 2.28. The Morgan fingerprint density at radius 3 is 2.44 bits per heavy atom. The molecule has 2 aromatic carbocycles. The molecule has 1 heterocycles. The molecule has 0 radical (unpaired) electrons. The minimum absolute atomic E-state index is 0.224. The molecule has 3 amide bonds. The van der Waals surface area contributed by atoms with E-state index in [1.165, 1.54) is 19.3 Å². The number of para-hydroxylation sites is 2. The van der Waals surface area contributed by atoms with Crippen LogP contribution in [0.5, 0.6) is 0 Å². The van der Waals surface area contributed by atoms with Gasteiger partial charge in [-0.2, -0.15) is 0 Å². The number of carbonyl (C=O) groups excluding carboxylic acids is 2. The normalized spacial score (nSPS) is 14.0. The predicted octanol–water partition coefficient (Wildman–Crippen LogP) is 3.42. The molecular formula is C19H22N4O2. The van der Waals surface area contributed by atoms with Gasteiger partial charge in [0.2, 0.25) is 0 Å². The van der Waals surface area contributed by atoms with E-state index in [9.17, 15) is 9.59 Å². The Morgan fingerprint density at radius 2 is 1.68 bits per heavy atom. The topological polar surface area (TPSA) is 87.5 Å². The Hall–Kier alpha value is -3.02. The monoisotopic (exact) mass is 338 g/mol. The van der Waals surface area contributed by atoms with Crippen LogP contribution in [0.3, 0.4) is 0 Å². The Morgan fingerprint density at radius 1 is 0.920 bits per heavy atom. The number of hydrogen-bond donors (Lipinski definition) is 3. The van der Waals surface area contributed by atoms with E-state index in [4.69, 9.17) is 5.73 Å². The SMILES string of the molecule is NC(=O)Nc1cccc(C(=O)Nc2ccccc2N2CCCCC2)c1. The molecule has 25 heavy (non-hydrogen) atoms. The van der Waals surface area contributed by atoms with Crippen molar-refractivity contribution in [3.8, 4) is 0 Å². The Bertz CT molecular complexity index is 770. The number of nitrogens with two attached hydrogens (primary N) is 1. The summed E-state index contributed by atoms with van der Waals surface area (Å²) >= 11 is 0. The number of primary amides is 1. The summed E-state index contributed by atoms with van der Waals surface area (Å²) in [7, 11) is 0. The summed E-state index contributed by atoms with van der Waals surface area (Å²) in [5.74, 6) is -0.224. The number of amides is 3. The maximum absolute atomic E-state index is 12.6. The summed E-state index contributed by atoms with van der Waals surface area (Å²) in [6.07, 6.45) is 3.59. The van der Waals surface area contributed by atoms with Gasteiger partial charge in [0.05, 0.1) is 11.4 Å². The second kappa shape index (κ2) is 7.70. The van der Waals surface area contributed by atoms with Gasteiger partial charge in [-0.1, -0.05) is 18.2 Å². The van der Waals surface area contributed by atoms with Crippen molar-refractivity contribution < 1.29 is 9.59 Å². The number of rotatable bonds is 4. The first-order chi connectivity index (χ1) is 12.1. The van der Waals surface area contributed by atoms with Crippen molar-refractivity contribution in [1.29, 1.82) is 0 Å². The van der Waals surface area contributed by atoms with Gasteiger partial charge in [-0.05, 0) is 49.6 Å². The number of piperidine rings is 1. The van der Waals surface area contributed by atoms with Crippen molar-refractivity contribution in [2.45, 2.75) is 19.3 Å². The van der Waals surface area contributed by atoms with E-state index >= 15 is 0 Å². The molecule has 0 bridgehead atoms. The van der Waals surface area contributed by atoms with Gasteiger partial charge in [0, 0.05) is 24.3 Å². The molecular weight excluding hydrogens is 316 g/mol. The number of anilines is 3. The lowest BCUT2D eigenvalue weighted by Crippen LogP contribution is -2.30. The second-order valence-corrected chi connectivity index (χ2v) is 6.09. The summed E-state index contributed by atoms with van der Waals surface area (Å²) in [6.45, 7) is 2.01. The van der Waals surface area contributed by atoms with Gasteiger partial charge in [0.1, 0.15) is 0 Å². The van der Waals surface area contributed by atoms with Crippen molar-refractivity contribution in [3.05, 3.63) is 54.1 Å². The van der Waals surface area contributed by atoms with Crippen LogP contribution in [0.2, 0.25) is 0 Å². The molecule has 1 fully saturated rings. The third kappa shape index (κ3) is 4.29. The summed E-state index contributed by atoms with van der Waals surface area (Å²) in [6, 6.07) is 13.9. The molecule has 3 rings (SSSR count). The fourth-order valence-corrected chi connectivity index (χ4v) is 3.06. The van der Waals surface area contributed by atoms with Gasteiger partial charge in [-0.3, -0.25) is 4.79 Å². The molecule has 0 unspecified atom stereocenters. The molecule has 130 valence electrons. The van der Waals surface area contributed by atoms with Crippen LogP contribution in [0.4, 0.5) is 21.9 Å². The lowest BCUT2D eigenvalue weighted by Gasteiger charge is -2.30. The van der Waals surface area contributed by atoms with Gasteiger partial charge in [-0.25, -0.2) is 4.79 Å². The number of nitrogens with zero attached hydrogens (tertiary/aromatic N) is 1. The molecule has 6 nitrogen and oxygen atoms in total. The van der Waals surface area contributed by atoms with Gasteiger partial charge in [0.25, 0.3) is 5.91 Å². The van der Waals surface area contributed by atoms with Crippen molar-refractivity contribution in [1.82, 2.24) is 0 Å². The van der Waals surface area contributed by atoms with Crippen molar-refractivity contribution in [2.24, 2.45) is 5.73 Å². The molecule has 4 N–H and O–H groups in total. The van der Waals surface area contributed by atoms with Crippen LogP contribution < -0.4 is 21.3 Å². The lowest BCUT2D eigenvalue weighted by atomic mass is 10.1. The zero-order chi connectivity index (χ0) is 17.6. The highest BCUT2D eigenvalue weighted by molar-refractivity contribution is 6.06. The zero-order valence-corrected chi connectivity index (χ0v) is 14.0. The van der Waals surface area contributed by atoms with Crippen LogP contribution in [0, 0.1) is 0 Å². The number of hydrogen-bond acceptors (Lipinski definition) is 3. The highest BCUT2D eigenvalue weighted by atomic mass is 16.2.